The largest absolute Gasteiger partial charge is 0.352 e. The van der Waals surface area contributed by atoms with Crippen LogP contribution in [0.2, 0.25) is 0 Å². The van der Waals surface area contributed by atoms with Crippen molar-refractivity contribution in [3.8, 4) is 6.07 Å². The van der Waals surface area contributed by atoms with E-state index in [0.29, 0.717) is 6.07 Å². The SMILES string of the molecule is Cc1ccc(Nc2cc(F)cc(F)c2F)c(C#N)c1. The van der Waals surface area contributed by atoms with E-state index in [1.165, 1.54) is 0 Å². The highest BCUT2D eigenvalue weighted by Crippen LogP contribution is 2.25. The smallest absolute Gasteiger partial charge is 0.182 e. The van der Waals surface area contributed by atoms with Gasteiger partial charge < -0.3 is 5.32 Å². The second kappa shape index (κ2) is 5.02. The Bertz CT molecular complexity index is 675. The lowest BCUT2D eigenvalue weighted by Gasteiger charge is -2.10. The number of hydrogen-bond donors (Lipinski definition) is 1. The van der Waals surface area contributed by atoms with Crippen molar-refractivity contribution in [3.05, 3.63) is 58.9 Å². The third-order valence-corrected chi connectivity index (χ3v) is 2.56. The van der Waals surface area contributed by atoms with Gasteiger partial charge in [-0.25, -0.2) is 13.2 Å². The quantitative estimate of drug-likeness (QED) is 0.829. The molecule has 0 bridgehead atoms. The Kier molecular flexibility index (Phi) is 3.43. The molecular formula is C14H9F3N2. The molecule has 0 aromatic heterocycles. The Hall–Kier alpha value is -2.48. The number of rotatable bonds is 2. The topological polar surface area (TPSA) is 35.8 Å². The molecule has 2 aromatic rings. The third kappa shape index (κ3) is 2.68. The monoisotopic (exact) mass is 262 g/mol. The van der Waals surface area contributed by atoms with Crippen LogP contribution in [0, 0.1) is 35.7 Å². The van der Waals surface area contributed by atoms with Gasteiger partial charge >= 0.3 is 0 Å². The van der Waals surface area contributed by atoms with Crippen molar-refractivity contribution in [3.63, 3.8) is 0 Å². The third-order valence-electron chi connectivity index (χ3n) is 2.56. The molecule has 0 fully saturated rings. The molecule has 2 rings (SSSR count). The predicted molar refractivity (Wildman–Crippen MR) is 65.5 cm³/mol. The van der Waals surface area contributed by atoms with Crippen molar-refractivity contribution < 1.29 is 13.2 Å². The minimum atomic E-state index is -1.28. The highest BCUT2D eigenvalue weighted by Gasteiger charge is 2.12. The van der Waals surface area contributed by atoms with Crippen LogP contribution in [-0.4, -0.2) is 0 Å². The van der Waals surface area contributed by atoms with Crippen LogP contribution in [0.1, 0.15) is 11.1 Å². The number of hydrogen-bond acceptors (Lipinski definition) is 2. The maximum atomic E-state index is 13.5. The van der Waals surface area contributed by atoms with Crippen LogP contribution >= 0.6 is 0 Å². The number of nitrogens with zero attached hydrogens (tertiary/aromatic N) is 1. The van der Waals surface area contributed by atoms with E-state index in [-0.39, 0.29) is 16.9 Å². The van der Waals surface area contributed by atoms with Gasteiger partial charge in [-0.2, -0.15) is 5.26 Å². The number of aryl methyl sites for hydroxylation is 1. The average Bonchev–Trinajstić information content (AvgIpc) is 2.37. The Morgan fingerprint density at radius 1 is 1.05 bits per heavy atom. The maximum Gasteiger partial charge on any atom is 0.182 e. The molecule has 0 saturated heterocycles. The van der Waals surface area contributed by atoms with E-state index < -0.39 is 17.5 Å². The minimum Gasteiger partial charge on any atom is -0.352 e. The molecule has 0 unspecified atom stereocenters. The van der Waals surface area contributed by atoms with E-state index in [9.17, 15) is 13.2 Å². The first-order chi connectivity index (χ1) is 9.01. The predicted octanol–water partition coefficient (Wildman–Crippen LogP) is 4.03. The molecular weight excluding hydrogens is 253 g/mol. The lowest BCUT2D eigenvalue weighted by atomic mass is 10.1. The van der Waals surface area contributed by atoms with Crippen LogP contribution in [0.3, 0.4) is 0 Å². The van der Waals surface area contributed by atoms with Gasteiger partial charge in [-0.1, -0.05) is 6.07 Å². The summed E-state index contributed by atoms with van der Waals surface area (Å²) < 4.78 is 39.6. The molecule has 2 nitrogen and oxygen atoms in total. The second-order valence-corrected chi connectivity index (χ2v) is 4.03. The zero-order valence-corrected chi connectivity index (χ0v) is 9.97. The molecule has 0 saturated carbocycles. The fourth-order valence-electron chi connectivity index (χ4n) is 1.65. The summed E-state index contributed by atoms with van der Waals surface area (Å²) in [5, 5.41) is 11.5. The highest BCUT2D eigenvalue weighted by atomic mass is 19.2. The van der Waals surface area contributed by atoms with Crippen molar-refractivity contribution in [2.75, 3.05) is 5.32 Å². The molecule has 0 atom stereocenters. The summed E-state index contributed by atoms with van der Waals surface area (Å²) >= 11 is 0. The molecule has 0 aliphatic heterocycles. The first-order valence-corrected chi connectivity index (χ1v) is 5.43. The number of halogens is 3. The molecule has 1 N–H and O–H groups in total. The highest BCUT2D eigenvalue weighted by molar-refractivity contribution is 5.67. The zero-order chi connectivity index (χ0) is 14.0. The summed E-state index contributed by atoms with van der Waals surface area (Å²) in [6.45, 7) is 1.80. The van der Waals surface area contributed by atoms with Crippen molar-refractivity contribution in [2.24, 2.45) is 0 Å². The Morgan fingerprint density at radius 2 is 1.79 bits per heavy atom. The number of nitriles is 1. The van der Waals surface area contributed by atoms with Gasteiger partial charge in [0.05, 0.1) is 16.9 Å². The molecule has 5 heteroatoms. The molecule has 96 valence electrons. The number of nitrogens with one attached hydrogen (secondary N) is 1. The van der Waals surface area contributed by atoms with Gasteiger partial charge in [0.15, 0.2) is 11.6 Å². The molecule has 0 aliphatic rings. The fraction of sp³-hybridized carbons (Fsp3) is 0.0714. The van der Waals surface area contributed by atoms with E-state index in [2.05, 4.69) is 5.32 Å². The van der Waals surface area contributed by atoms with Gasteiger partial charge in [0, 0.05) is 12.1 Å². The average molecular weight is 262 g/mol. The van der Waals surface area contributed by atoms with Crippen LogP contribution in [0.15, 0.2) is 30.3 Å². The Labute approximate surface area is 108 Å². The van der Waals surface area contributed by atoms with Gasteiger partial charge in [-0.3, -0.25) is 0 Å². The second-order valence-electron chi connectivity index (χ2n) is 4.03. The van der Waals surface area contributed by atoms with Crippen LogP contribution in [0.4, 0.5) is 24.5 Å². The Morgan fingerprint density at radius 3 is 2.47 bits per heavy atom. The van der Waals surface area contributed by atoms with Gasteiger partial charge in [0.2, 0.25) is 0 Å². The van der Waals surface area contributed by atoms with E-state index in [1.807, 2.05) is 6.07 Å². The summed E-state index contributed by atoms with van der Waals surface area (Å²) in [5.41, 5.74) is 1.06. The van der Waals surface area contributed by atoms with Crippen LogP contribution in [0.25, 0.3) is 0 Å². The molecule has 0 aliphatic carbocycles. The molecule has 19 heavy (non-hydrogen) atoms. The van der Waals surface area contributed by atoms with Crippen molar-refractivity contribution in [1.29, 1.82) is 5.26 Å². The lowest BCUT2D eigenvalue weighted by molar-refractivity contribution is 0.498. The van der Waals surface area contributed by atoms with Crippen molar-refractivity contribution >= 4 is 11.4 Å². The Balaban J connectivity index is 2.45. The molecule has 0 spiro atoms. The van der Waals surface area contributed by atoms with Gasteiger partial charge in [0.25, 0.3) is 0 Å². The van der Waals surface area contributed by atoms with Crippen LogP contribution in [-0.2, 0) is 0 Å². The van der Waals surface area contributed by atoms with Gasteiger partial charge in [0.1, 0.15) is 11.9 Å². The maximum absolute atomic E-state index is 13.5. The first-order valence-electron chi connectivity index (χ1n) is 5.43. The minimum absolute atomic E-state index is 0.268. The zero-order valence-electron chi connectivity index (χ0n) is 9.97. The van der Waals surface area contributed by atoms with Gasteiger partial charge in [-0.15, -0.1) is 0 Å². The van der Waals surface area contributed by atoms with E-state index in [4.69, 9.17) is 5.26 Å². The van der Waals surface area contributed by atoms with E-state index in [0.717, 1.165) is 11.6 Å². The molecule has 2 aromatic carbocycles. The van der Waals surface area contributed by atoms with Crippen LogP contribution < -0.4 is 5.32 Å². The lowest BCUT2D eigenvalue weighted by Crippen LogP contribution is -2.00. The standard InChI is InChI=1S/C14H9F3N2/c1-8-2-3-12(9(4-8)7-18)19-13-6-10(15)5-11(16)14(13)17/h2-6,19H,1H3. The normalized spacial score (nSPS) is 10.1. The molecule has 0 amide bonds. The van der Waals surface area contributed by atoms with Gasteiger partial charge in [-0.05, 0) is 24.6 Å². The molecule has 0 heterocycles. The fourth-order valence-corrected chi connectivity index (χ4v) is 1.65. The summed E-state index contributed by atoms with van der Waals surface area (Å²) in [4.78, 5) is 0. The molecule has 0 radical (unpaired) electrons. The van der Waals surface area contributed by atoms with Crippen LogP contribution in [0.5, 0.6) is 0 Å². The summed E-state index contributed by atoms with van der Waals surface area (Å²) in [6, 6.07) is 8.07. The van der Waals surface area contributed by atoms with Crippen molar-refractivity contribution in [2.45, 2.75) is 6.92 Å². The summed E-state index contributed by atoms with van der Waals surface area (Å²) in [6.07, 6.45) is 0. The van der Waals surface area contributed by atoms with E-state index in [1.54, 1.807) is 25.1 Å². The summed E-state index contributed by atoms with van der Waals surface area (Å²) in [5.74, 6) is -3.37. The first kappa shape index (κ1) is 13.0. The number of anilines is 2. The van der Waals surface area contributed by atoms with E-state index >= 15 is 0 Å². The van der Waals surface area contributed by atoms with Crippen molar-refractivity contribution in [1.82, 2.24) is 0 Å². The number of benzene rings is 2. The summed E-state index contributed by atoms with van der Waals surface area (Å²) in [7, 11) is 0.